The lowest BCUT2D eigenvalue weighted by atomic mass is 10.1. The minimum atomic E-state index is -2.38. The van der Waals surface area contributed by atoms with Gasteiger partial charge in [-0.1, -0.05) is 6.92 Å². The number of nitrogens with one attached hydrogen (secondary N) is 1. The summed E-state index contributed by atoms with van der Waals surface area (Å²) in [6.45, 7) is 3.00. The van der Waals surface area contributed by atoms with Crippen molar-refractivity contribution in [3.05, 3.63) is 48.5 Å². The average molecular weight is 444 g/mol. The first-order valence-corrected chi connectivity index (χ1v) is 10.3. The summed E-state index contributed by atoms with van der Waals surface area (Å²) in [5, 5.41) is 4.95. The third-order valence-electron chi connectivity index (χ3n) is 5.10. The second-order valence-electron chi connectivity index (χ2n) is 7.64. The number of likely N-dealkylation sites (tertiary alicyclic amines) is 1. The first-order valence-electron chi connectivity index (χ1n) is 10.3. The lowest BCUT2D eigenvalue weighted by Gasteiger charge is -2.28. The van der Waals surface area contributed by atoms with Gasteiger partial charge in [-0.2, -0.15) is 5.10 Å². The molecule has 8 nitrogen and oxygen atoms in total. The van der Waals surface area contributed by atoms with Gasteiger partial charge in [0.15, 0.2) is 6.29 Å². The number of nitrogens with two attached hydrogens (primary N) is 1. The van der Waals surface area contributed by atoms with Crippen molar-refractivity contribution in [3.63, 3.8) is 0 Å². The quantitative estimate of drug-likeness (QED) is 0.270. The number of pyridine rings is 2. The Kier molecular flexibility index (Phi) is 7.47. The monoisotopic (exact) mass is 443 g/mol. The van der Waals surface area contributed by atoms with E-state index in [1.807, 2.05) is 41.8 Å². The number of anilines is 1. The fourth-order valence-electron chi connectivity index (χ4n) is 3.10. The Bertz CT molecular complexity index is 1090. The number of hydrogen-bond acceptors (Lipinski definition) is 6. The number of carbonyl (C=O) groups excluding carboxylic acids is 1. The van der Waals surface area contributed by atoms with Gasteiger partial charge in [0, 0.05) is 55.7 Å². The number of aldehydes is 1. The topological polar surface area (TPSA) is 101 Å². The molecule has 1 aliphatic rings. The van der Waals surface area contributed by atoms with Crippen LogP contribution in [0.4, 0.5) is 14.5 Å². The number of aromatic nitrogens is 3. The number of piperidine rings is 1. The highest BCUT2D eigenvalue weighted by Gasteiger charge is 2.32. The lowest BCUT2D eigenvalue weighted by molar-refractivity contribution is -0.0504. The Morgan fingerprint density at radius 1 is 1.28 bits per heavy atom. The molecule has 4 heterocycles. The summed E-state index contributed by atoms with van der Waals surface area (Å²) in [4.78, 5) is 21.3. The van der Waals surface area contributed by atoms with Gasteiger partial charge < -0.3 is 10.6 Å². The number of carbonyl (C=O) groups is 1. The molecule has 1 aliphatic heterocycles. The van der Waals surface area contributed by atoms with E-state index in [2.05, 4.69) is 20.5 Å². The maximum Gasteiger partial charge on any atom is 0.250 e. The van der Waals surface area contributed by atoms with Crippen LogP contribution in [-0.4, -0.2) is 57.6 Å². The van der Waals surface area contributed by atoms with Gasteiger partial charge in [-0.15, -0.1) is 0 Å². The van der Waals surface area contributed by atoms with Crippen molar-refractivity contribution in [2.24, 2.45) is 10.8 Å². The van der Waals surface area contributed by atoms with Crippen molar-refractivity contribution in [1.82, 2.24) is 19.4 Å². The largest absolute Gasteiger partial charge is 0.386 e. The summed E-state index contributed by atoms with van der Waals surface area (Å²) in [7, 11) is 1.87. The summed E-state index contributed by atoms with van der Waals surface area (Å²) in [6, 6.07) is 5.60. The molecule has 4 rings (SSSR count). The number of fused-ring (bicyclic) bond motifs is 1. The SMILES string of the molecule is CC/C(N)=N/Nc1cncc(-n2ccc3cc(C=O)cnc32)c1.CN1CCC(F)(F)CC1. The molecule has 0 radical (unpaired) electrons. The zero-order valence-electron chi connectivity index (χ0n) is 18.1. The average Bonchev–Trinajstić information content (AvgIpc) is 3.23. The Hall–Kier alpha value is -3.40. The number of hydrogen-bond donors (Lipinski definition) is 2. The standard InChI is InChI=1S/C16H16N6O.C6H11F2N/c1-2-15(17)21-20-13-6-14(9-18-8-13)22-4-3-12-5-11(10-23)7-19-16(12)22;1-9-4-2-6(7,8)3-5-9/h3-10,20H,2H2,1H3,(H2,17,21);2-5H2,1H3. The first-order chi connectivity index (χ1) is 15.3. The van der Waals surface area contributed by atoms with E-state index in [1.54, 1.807) is 24.7 Å². The zero-order chi connectivity index (χ0) is 23.1. The van der Waals surface area contributed by atoms with Crippen LogP contribution in [0.1, 0.15) is 36.5 Å². The molecule has 3 aromatic heterocycles. The minimum Gasteiger partial charge on any atom is -0.386 e. The smallest absolute Gasteiger partial charge is 0.250 e. The maximum absolute atomic E-state index is 12.4. The molecule has 3 N–H and O–H groups in total. The predicted octanol–water partition coefficient (Wildman–Crippen LogP) is 3.67. The minimum absolute atomic E-state index is 0.0312. The molecule has 0 saturated carbocycles. The number of halogens is 2. The highest BCUT2D eigenvalue weighted by molar-refractivity contribution is 5.85. The van der Waals surface area contributed by atoms with Crippen molar-refractivity contribution in [2.75, 3.05) is 25.6 Å². The van der Waals surface area contributed by atoms with Crippen LogP contribution in [0.15, 0.2) is 48.1 Å². The van der Waals surface area contributed by atoms with Gasteiger partial charge in [0.05, 0.1) is 23.8 Å². The van der Waals surface area contributed by atoms with E-state index in [4.69, 9.17) is 5.73 Å². The molecular formula is C22H27F2N7O. The van der Waals surface area contributed by atoms with Crippen molar-refractivity contribution >= 4 is 28.8 Å². The molecule has 0 atom stereocenters. The van der Waals surface area contributed by atoms with Gasteiger partial charge in [0.2, 0.25) is 0 Å². The summed E-state index contributed by atoms with van der Waals surface area (Å²) in [5.74, 6) is -1.86. The van der Waals surface area contributed by atoms with E-state index < -0.39 is 5.92 Å². The molecule has 32 heavy (non-hydrogen) atoms. The van der Waals surface area contributed by atoms with Gasteiger partial charge in [-0.25, -0.2) is 13.8 Å². The van der Waals surface area contributed by atoms with Crippen molar-refractivity contribution in [1.29, 1.82) is 0 Å². The third-order valence-corrected chi connectivity index (χ3v) is 5.10. The normalized spacial score (nSPS) is 16.3. The molecule has 10 heteroatoms. The van der Waals surface area contributed by atoms with E-state index in [9.17, 15) is 13.6 Å². The maximum atomic E-state index is 12.4. The number of rotatable bonds is 5. The van der Waals surface area contributed by atoms with E-state index in [1.165, 1.54) is 0 Å². The fourth-order valence-corrected chi connectivity index (χ4v) is 3.10. The van der Waals surface area contributed by atoms with E-state index in [0.29, 0.717) is 30.9 Å². The van der Waals surface area contributed by atoms with Crippen LogP contribution in [0.5, 0.6) is 0 Å². The third kappa shape index (κ3) is 6.07. The fraction of sp³-hybridized carbons (Fsp3) is 0.364. The van der Waals surface area contributed by atoms with Crippen LogP contribution < -0.4 is 11.2 Å². The molecule has 0 aliphatic carbocycles. The molecular weight excluding hydrogens is 416 g/mol. The van der Waals surface area contributed by atoms with Crippen molar-refractivity contribution in [3.8, 4) is 5.69 Å². The Labute approximate surface area is 185 Å². The molecule has 3 aromatic rings. The molecule has 0 aromatic carbocycles. The second-order valence-corrected chi connectivity index (χ2v) is 7.64. The molecule has 170 valence electrons. The Balaban J connectivity index is 0.000000269. The molecule has 1 fully saturated rings. The van der Waals surface area contributed by atoms with Crippen LogP contribution in [0.3, 0.4) is 0 Å². The van der Waals surface area contributed by atoms with E-state index in [-0.39, 0.29) is 12.8 Å². The second kappa shape index (κ2) is 10.3. The van der Waals surface area contributed by atoms with Crippen LogP contribution in [0, 0.1) is 0 Å². The van der Waals surface area contributed by atoms with Gasteiger partial charge in [0.25, 0.3) is 5.92 Å². The van der Waals surface area contributed by atoms with Gasteiger partial charge in [0.1, 0.15) is 11.5 Å². The van der Waals surface area contributed by atoms with Crippen LogP contribution in [0.2, 0.25) is 0 Å². The number of nitrogens with zero attached hydrogens (tertiary/aromatic N) is 5. The summed E-state index contributed by atoms with van der Waals surface area (Å²) < 4.78 is 26.6. The van der Waals surface area contributed by atoms with Gasteiger partial charge >= 0.3 is 0 Å². The van der Waals surface area contributed by atoms with E-state index >= 15 is 0 Å². The molecule has 0 bridgehead atoms. The van der Waals surface area contributed by atoms with Gasteiger partial charge in [-0.3, -0.25) is 19.8 Å². The van der Waals surface area contributed by atoms with Crippen molar-refractivity contribution < 1.29 is 13.6 Å². The molecule has 0 unspecified atom stereocenters. The first kappa shape index (κ1) is 23.3. The van der Waals surface area contributed by atoms with E-state index in [0.717, 1.165) is 28.7 Å². The highest BCUT2D eigenvalue weighted by atomic mass is 19.3. The summed E-state index contributed by atoms with van der Waals surface area (Å²) in [5.41, 5.74) is 11.4. The zero-order valence-corrected chi connectivity index (χ0v) is 18.1. The van der Waals surface area contributed by atoms with Crippen LogP contribution >= 0.6 is 0 Å². The molecule has 1 saturated heterocycles. The highest BCUT2D eigenvalue weighted by Crippen LogP contribution is 2.26. The van der Waals surface area contributed by atoms with Gasteiger partial charge in [-0.05, 0) is 25.2 Å². The lowest BCUT2D eigenvalue weighted by Crippen LogP contribution is -2.36. The summed E-state index contributed by atoms with van der Waals surface area (Å²) in [6.07, 6.45) is 8.35. The summed E-state index contributed by atoms with van der Waals surface area (Å²) >= 11 is 0. The molecule has 0 amide bonds. The number of hydrazone groups is 1. The molecule has 0 spiro atoms. The van der Waals surface area contributed by atoms with Crippen LogP contribution in [0.25, 0.3) is 16.7 Å². The van der Waals surface area contributed by atoms with Crippen LogP contribution in [-0.2, 0) is 0 Å². The van der Waals surface area contributed by atoms with Crippen molar-refractivity contribution in [2.45, 2.75) is 32.1 Å². The number of amidine groups is 1. The Morgan fingerprint density at radius 3 is 2.69 bits per heavy atom. The number of alkyl halides is 2. The Morgan fingerprint density at radius 2 is 2.03 bits per heavy atom. The predicted molar refractivity (Wildman–Crippen MR) is 121 cm³/mol.